The molecule has 1 N–H and O–H groups in total. The lowest BCUT2D eigenvalue weighted by atomic mass is 9.84. The van der Waals surface area contributed by atoms with Gasteiger partial charge in [-0.05, 0) is 43.9 Å². The number of rotatable bonds is 6. The summed E-state index contributed by atoms with van der Waals surface area (Å²) in [6.07, 6.45) is 4.14. The second-order valence-electron chi connectivity index (χ2n) is 10.1. The second-order valence-corrected chi connectivity index (χ2v) is 10.1. The third kappa shape index (κ3) is 5.74. The number of hydrogen-bond acceptors (Lipinski definition) is 6. The van der Waals surface area contributed by atoms with Crippen LogP contribution in [0.5, 0.6) is 0 Å². The fourth-order valence-corrected chi connectivity index (χ4v) is 5.19. The van der Waals surface area contributed by atoms with E-state index in [1.54, 1.807) is 30.2 Å². The second kappa shape index (κ2) is 11.2. The highest BCUT2D eigenvalue weighted by molar-refractivity contribution is 5.92. The first-order valence-electron chi connectivity index (χ1n) is 13.2. The number of aromatic nitrogens is 6. The molecule has 0 aliphatic heterocycles. The van der Waals surface area contributed by atoms with E-state index < -0.39 is 35.1 Å². The van der Waals surface area contributed by atoms with Crippen molar-refractivity contribution in [3.05, 3.63) is 87.5 Å². The number of alkyl halides is 3. The van der Waals surface area contributed by atoms with Crippen molar-refractivity contribution in [1.29, 1.82) is 0 Å². The molecule has 13 heteroatoms. The summed E-state index contributed by atoms with van der Waals surface area (Å²) in [7, 11) is 1.71. The first-order chi connectivity index (χ1) is 19.5. The maximum Gasteiger partial charge on any atom is 0.419 e. The Labute approximate surface area is 232 Å². The number of nitrogens with one attached hydrogen (secondary N) is 1. The van der Waals surface area contributed by atoms with E-state index in [4.69, 9.17) is 0 Å². The number of carbonyl (C=O) groups is 1. The summed E-state index contributed by atoms with van der Waals surface area (Å²) in [4.78, 5) is 31.3. The van der Waals surface area contributed by atoms with Gasteiger partial charge in [-0.3, -0.25) is 14.6 Å². The average Bonchev–Trinajstić information content (AvgIpc) is 3.38. The molecule has 1 aromatic carbocycles. The molecule has 3 aromatic heterocycles. The number of halogens is 4. The number of amides is 1. The maximum absolute atomic E-state index is 14.7. The number of aryl methyl sites for hydroxylation is 1. The van der Waals surface area contributed by atoms with Gasteiger partial charge in [-0.15, -0.1) is 5.10 Å². The zero-order valence-electron chi connectivity index (χ0n) is 22.3. The zero-order valence-corrected chi connectivity index (χ0v) is 22.3. The van der Waals surface area contributed by atoms with Gasteiger partial charge in [0.15, 0.2) is 0 Å². The Balaban J connectivity index is 1.54. The molecule has 1 aliphatic rings. The van der Waals surface area contributed by atoms with Gasteiger partial charge in [-0.25, -0.2) is 9.07 Å². The topological polar surface area (TPSA) is 108 Å². The third-order valence-electron chi connectivity index (χ3n) is 7.34. The van der Waals surface area contributed by atoms with Crippen molar-refractivity contribution in [1.82, 2.24) is 35.1 Å². The van der Waals surface area contributed by atoms with E-state index in [-0.39, 0.29) is 17.2 Å². The van der Waals surface area contributed by atoms with Crippen molar-refractivity contribution >= 4 is 5.91 Å². The van der Waals surface area contributed by atoms with E-state index in [0.29, 0.717) is 28.6 Å². The SMILES string of the molecule is C[C@@H](NC(=O)c1cc(C2CCCCC2)c(=O)n(-c2cncc(-c3cnnn3C)c2)n1)c1cccc(C(F)(F)F)c1F. The predicted octanol–water partition coefficient (Wildman–Crippen LogP) is 5.12. The van der Waals surface area contributed by atoms with Crippen LogP contribution in [-0.2, 0) is 13.2 Å². The molecule has 1 saturated carbocycles. The van der Waals surface area contributed by atoms with E-state index in [9.17, 15) is 27.2 Å². The number of benzene rings is 1. The number of pyridine rings is 1. The Kier molecular flexibility index (Phi) is 7.70. The minimum atomic E-state index is -4.89. The molecule has 0 radical (unpaired) electrons. The van der Waals surface area contributed by atoms with Crippen molar-refractivity contribution in [3.8, 4) is 16.9 Å². The van der Waals surface area contributed by atoms with Crippen LogP contribution in [0, 0.1) is 5.82 Å². The Morgan fingerprint density at radius 2 is 1.85 bits per heavy atom. The van der Waals surface area contributed by atoms with Gasteiger partial charge in [0.05, 0.1) is 35.4 Å². The molecule has 0 bridgehead atoms. The van der Waals surface area contributed by atoms with Crippen LogP contribution < -0.4 is 10.9 Å². The van der Waals surface area contributed by atoms with Gasteiger partial charge < -0.3 is 5.32 Å². The minimum Gasteiger partial charge on any atom is -0.344 e. The van der Waals surface area contributed by atoms with Crippen molar-refractivity contribution in [3.63, 3.8) is 0 Å². The zero-order chi connectivity index (χ0) is 29.3. The molecular weight excluding hydrogens is 542 g/mol. The molecule has 1 aliphatic carbocycles. The average molecular weight is 570 g/mol. The predicted molar refractivity (Wildman–Crippen MR) is 141 cm³/mol. The Morgan fingerprint density at radius 3 is 2.54 bits per heavy atom. The molecule has 0 spiro atoms. The lowest BCUT2D eigenvalue weighted by molar-refractivity contribution is -0.140. The van der Waals surface area contributed by atoms with Crippen molar-refractivity contribution in [2.75, 3.05) is 0 Å². The molecule has 1 atom stereocenters. The minimum absolute atomic E-state index is 0.0900. The molecular formula is C28H27F4N7O2. The molecule has 0 unspecified atom stereocenters. The maximum atomic E-state index is 14.7. The van der Waals surface area contributed by atoms with Gasteiger partial charge in [-0.1, -0.05) is 36.6 Å². The van der Waals surface area contributed by atoms with E-state index in [1.807, 2.05) is 0 Å². The number of nitrogens with zero attached hydrogens (tertiary/aromatic N) is 6. The fraction of sp³-hybridized carbons (Fsp3) is 0.357. The molecule has 41 heavy (non-hydrogen) atoms. The van der Waals surface area contributed by atoms with Crippen LogP contribution in [0.15, 0.2) is 53.7 Å². The van der Waals surface area contributed by atoms with Crippen molar-refractivity contribution in [2.24, 2.45) is 7.05 Å². The summed E-state index contributed by atoms with van der Waals surface area (Å²) in [6.45, 7) is 1.38. The molecule has 5 rings (SSSR count). The highest BCUT2D eigenvalue weighted by atomic mass is 19.4. The first-order valence-corrected chi connectivity index (χ1v) is 13.2. The van der Waals surface area contributed by atoms with Gasteiger partial charge in [0.2, 0.25) is 0 Å². The summed E-state index contributed by atoms with van der Waals surface area (Å²) in [5.74, 6) is -2.31. The standard InChI is InChI=1S/C28H27F4N7O2/c1-16(20-9-6-10-22(25(20)29)28(30,31)32)35-26(40)23-12-21(17-7-4-3-5-8-17)27(41)39(36-23)19-11-18(13-33-14-19)24-15-34-37-38(24)2/h6,9-17H,3-5,7-8H2,1-2H3,(H,35,40)/t16-/m1/s1. The summed E-state index contributed by atoms with van der Waals surface area (Å²) in [5, 5.41) is 14.6. The summed E-state index contributed by atoms with van der Waals surface area (Å²) in [6, 6.07) is 4.90. The largest absolute Gasteiger partial charge is 0.419 e. The molecule has 214 valence electrons. The van der Waals surface area contributed by atoms with Crippen LogP contribution in [0.25, 0.3) is 16.9 Å². The Morgan fingerprint density at radius 1 is 1.10 bits per heavy atom. The van der Waals surface area contributed by atoms with Crippen LogP contribution >= 0.6 is 0 Å². The van der Waals surface area contributed by atoms with Crippen LogP contribution in [0.3, 0.4) is 0 Å². The first kappa shape index (κ1) is 28.1. The molecule has 9 nitrogen and oxygen atoms in total. The smallest absolute Gasteiger partial charge is 0.344 e. The molecule has 1 amide bonds. The summed E-state index contributed by atoms with van der Waals surface area (Å²) in [5.41, 5.74) is -0.288. The Hall–Kier alpha value is -4.42. The van der Waals surface area contributed by atoms with Gasteiger partial charge in [0.1, 0.15) is 11.5 Å². The van der Waals surface area contributed by atoms with Gasteiger partial charge in [-0.2, -0.15) is 23.0 Å². The highest BCUT2D eigenvalue weighted by Crippen LogP contribution is 2.34. The van der Waals surface area contributed by atoms with Crippen molar-refractivity contribution < 1.29 is 22.4 Å². The van der Waals surface area contributed by atoms with Crippen LogP contribution in [0.4, 0.5) is 17.6 Å². The fourth-order valence-electron chi connectivity index (χ4n) is 5.19. The van der Waals surface area contributed by atoms with Crippen LogP contribution in [0.2, 0.25) is 0 Å². The summed E-state index contributed by atoms with van der Waals surface area (Å²) >= 11 is 0. The van der Waals surface area contributed by atoms with Crippen molar-refractivity contribution in [2.45, 2.75) is 57.2 Å². The molecule has 4 aromatic rings. The van der Waals surface area contributed by atoms with Crippen LogP contribution in [0.1, 0.15) is 78.2 Å². The number of carbonyl (C=O) groups excluding carboxylic acids is 1. The number of hydrogen-bond donors (Lipinski definition) is 1. The van der Waals surface area contributed by atoms with Gasteiger partial charge in [0, 0.05) is 29.9 Å². The van der Waals surface area contributed by atoms with E-state index in [1.165, 1.54) is 25.3 Å². The Bertz CT molecular complexity index is 1640. The third-order valence-corrected chi connectivity index (χ3v) is 7.34. The summed E-state index contributed by atoms with van der Waals surface area (Å²) < 4.78 is 57.1. The molecule has 3 heterocycles. The van der Waals surface area contributed by atoms with Gasteiger partial charge >= 0.3 is 6.18 Å². The van der Waals surface area contributed by atoms with E-state index in [2.05, 4.69) is 25.7 Å². The van der Waals surface area contributed by atoms with E-state index >= 15 is 0 Å². The van der Waals surface area contributed by atoms with Gasteiger partial charge in [0.25, 0.3) is 11.5 Å². The monoisotopic (exact) mass is 569 g/mol. The highest BCUT2D eigenvalue weighted by Gasteiger charge is 2.35. The lowest BCUT2D eigenvalue weighted by Gasteiger charge is -2.23. The quantitative estimate of drug-likeness (QED) is 0.323. The molecule has 1 fully saturated rings. The normalized spacial score (nSPS) is 15.1. The van der Waals surface area contributed by atoms with E-state index in [0.717, 1.165) is 42.9 Å². The van der Waals surface area contributed by atoms with Crippen LogP contribution in [-0.4, -0.2) is 35.7 Å². The lowest BCUT2D eigenvalue weighted by Crippen LogP contribution is -2.34. The molecule has 0 saturated heterocycles.